The average molecular weight is 555 g/mol. The molecule has 0 spiro atoms. The summed E-state index contributed by atoms with van der Waals surface area (Å²) < 4.78 is 12.8. The average Bonchev–Trinajstić information content (AvgIpc) is 2.73. The van der Waals surface area contributed by atoms with Crippen LogP contribution in [0.5, 0.6) is 11.5 Å². The van der Waals surface area contributed by atoms with Crippen LogP contribution in [0.1, 0.15) is 23.6 Å². The Labute approximate surface area is 200 Å². The van der Waals surface area contributed by atoms with Gasteiger partial charge in [-0.25, -0.2) is 0 Å². The Kier molecular flexibility index (Phi) is 8.66. The summed E-state index contributed by atoms with van der Waals surface area (Å²) in [4.78, 5) is 0. The van der Waals surface area contributed by atoms with Crippen molar-refractivity contribution in [1.82, 2.24) is 5.43 Å². The molecule has 0 bridgehead atoms. The van der Waals surface area contributed by atoms with Crippen LogP contribution >= 0.6 is 45.8 Å². The molecule has 7 heteroatoms. The number of halogens is 3. The van der Waals surface area contributed by atoms with E-state index in [-0.39, 0.29) is 0 Å². The Bertz CT molecular complexity index is 1010. The van der Waals surface area contributed by atoms with Gasteiger partial charge >= 0.3 is 0 Å². The fourth-order valence-corrected chi connectivity index (χ4v) is 3.80. The fraction of sp³-hybridized carbons (Fsp3) is 0.174. The van der Waals surface area contributed by atoms with E-state index in [1.165, 1.54) is 0 Å². The van der Waals surface area contributed by atoms with E-state index in [1.807, 2.05) is 67.6 Å². The summed E-state index contributed by atoms with van der Waals surface area (Å²) in [5, 5.41) is 5.73. The van der Waals surface area contributed by atoms with Gasteiger partial charge in [0, 0.05) is 10.0 Å². The van der Waals surface area contributed by atoms with Crippen LogP contribution in [0.2, 0.25) is 10.0 Å². The van der Waals surface area contributed by atoms with Crippen LogP contribution in [0.25, 0.3) is 0 Å². The molecule has 3 rings (SSSR count). The maximum atomic E-state index is 6.17. The van der Waals surface area contributed by atoms with E-state index < -0.39 is 0 Å². The minimum atomic E-state index is 0.431. The predicted octanol–water partition coefficient (Wildman–Crippen LogP) is 6.70. The minimum absolute atomic E-state index is 0.431. The van der Waals surface area contributed by atoms with Gasteiger partial charge < -0.3 is 14.9 Å². The maximum Gasteiger partial charge on any atom is 0.175 e. The second kappa shape index (κ2) is 11.4. The van der Waals surface area contributed by atoms with Crippen molar-refractivity contribution in [2.75, 3.05) is 6.61 Å². The minimum Gasteiger partial charge on any atom is -0.490 e. The molecule has 0 amide bonds. The number of ether oxygens (including phenoxy) is 2. The Morgan fingerprint density at radius 1 is 1.03 bits per heavy atom. The molecule has 0 saturated carbocycles. The Balaban J connectivity index is 1.68. The molecule has 156 valence electrons. The van der Waals surface area contributed by atoms with Gasteiger partial charge in [0.2, 0.25) is 0 Å². The lowest BCUT2D eigenvalue weighted by molar-refractivity contribution is 0.267. The van der Waals surface area contributed by atoms with Gasteiger partial charge in [-0.3, -0.25) is 0 Å². The molecule has 0 aromatic heterocycles. The SMILES string of the molecule is CCOc1cc(/C=N\NCc2ccccc2Cl)cc(I)c1OCc1ccc(Cl)cc1. The van der Waals surface area contributed by atoms with Gasteiger partial charge in [-0.15, -0.1) is 0 Å². The molecule has 0 radical (unpaired) electrons. The smallest absolute Gasteiger partial charge is 0.175 e. The lowest BCUT2D eigenvalue weighted by atomic mass is 10.2. The number of hydrogen-bond donors (Lipinski definition) is 1. The van der Waals surface area contributed by atoms with Gasteiger partial charge in [0.1, 0.15) is 6.61 Å². The lowest BCUT2D eigenvalue weighted by Gasteiger charge is -2.15. The van der Waals surface area contributed by atoms with E-state index in [9.17, 15) is 0 Å². The molecular weight excluding hydrogens is 534 g/mol. The lowest BCUT2D eigenvalue weighted by Crippen LogP contribution is -2.06. The van der Waals surface area contributed by atoms with E-state index in [0.29, 0.717) is 36.3 Å². The summed E-state index contributed by atoms with van der Waals surface area (Å²) >= 11 is 14.4. The number of nitrogens with one attached hydrogen (secondary N) is 1. The summed E-state index contributed by atoms with van der Waals surface area (Å²) in [6.07, 6.45) is 1.75. The summed E-state index contributed by atoms with van der Waals surface area (Å²) in [6.45, 7) is 3.47. The quantitative estimate of drug-likeness (QED) is 0.182. The number of hydrazone groups is 1. The van der Waals surface area contributed by atoms with E-state index in [1.54, 1.807) is 6.21 Å². The highest BCUT2D eigenvalue weighted by atomic mass is 127. The molecule has 0 aliphatic heterocycles. The summed E-state index contributed by atoms with van der Waals surface area (Å²) in [6, 6.07) is 19.2. The van der Waals surface area contributed by atoms with Crippen LogP contribution in [-0.2, 0) is 13.2 Å². The van der Waals surface area contributed by atoms with Crippen LogP contribution < -0.4 is 14.9 Å². The largest absolute Gasteiger partial charge is 0.490 e. The molecule has 3 aromatic rings. The third-order valence-electron chi connectivity index (χ3n) is 4.16. The molecule has 0 aliphatic carbocycles. The van der Waals surface area contributed by atoms with Gasteiger partial charge in [-0.05, 0) is 76.5 Å². The Morgan fingerprint density at radius 2 is 1.80 bits per heavy atom. The van der Waals surface area contributed by atoms with Crippen LogP contribution in [0.3, 0.4) is 0 Å². The number of hydrogen-bond acceptors (Lipinski definition) is 4. The molecule has 0 unspecified atom stereocenters. The maximum absolute atomic E-state index is 6.17. The highest BCUT2D eigenvalue weighted by Gasteiger charge is 2.12. The van der Waals surface area contributed by atoms with Crippen LogP contribution in [0.4, 0.5) is 0 Å². The van der Waals surface area contributed by atoms with Crippen molar-refractivity contribution in [2.45, 2.75) is 20.1 Å². The van der Waals surface area contributed by atoms with Crippen molar-refractivity contribution < 1.29 is 9.47 Å². The standard InChI is InChI=1S/C23H21Cl2IN2O2/c1-2-29-22-12-17(13-27-28-14-18-5-3-4-6-20(18)25)11-21(26)23(22)30-15-16-7-9-19(24)10-8-16/h3-13,28H,2,14-15H2,1H3/b27-13-. The summed E-state index contributed by atoms with van der Waals surface area (Å²) in [5.74, 6) is 1.40. The highest BCUT2D eigenvalue weighted by Crippen LogP contribution is 2.34. The van der Waals surface area contributed by atoms with Crippen molar-refractivity contribution in [2.24, 2.45) is 5.10 Å². The molecule has 30 heavy (non-hydrogen) atoms. The molecule has 3 aromatic carbocycles. The first kappa shape index (κ1) is 22.7. The normalized spacial score (nSPS) is 10.9. The monoisotopic (exact) mass is 554 g/mol. The molecule has 0 heterocycles. The second-order valence-corrected chi connectivity index (χ2v) is 8.37. The third-order valence-corrected chi connectivity index (χ3v) is 5.58. The van der Waals surface area contributed by atoms with Crippen molar-refractivity contribution in [1.29, 1.82) is 0 Å². The second-order valence-electron chi connectivity index (χ2n) is 6.36. The van der Waals surface area contributed by atoms with Gasteiger partial charge in [0.25, 0.3) is 0 Å². The number of nitrogens with zero attached hydrogens (tertiary/aromatic N) is 1. The van der Waals surface area contributed by atoms with E-state index in [2.05, 4.69) is 33.1 Å². The zero-order valence-corrected chi connectivity index (χ0v) is 20.0. The van der Waals surface area contributed by atoms with Crippen molar-refractivity contribution >= 4 is 52.0 Å². The van der Waals surface area contributed by atoms with Crippen molar-refractivity contribution in [3.8, 4) is 11.5 Å². The molecule has 0 fully saturated rings. The van der Waals surface area contributed by atoms with Gasteiger partial charge in [-0.2, -0.15) is 5.10 Å². The highest BCUT2D eigenvalue weighted by molar-refractivity contribution is 14.1. The molecule has 1 N–H and O–H groups in total. The van der Waals surface area contributed by atoms with Crippen LogP contribution in [0, 0.1) is 3.57 Å². The molecule has 0 aliphatic rings. The molecular formula is C23H21Cl2IN2O2. The van der Waals surface area contributed by atoms with Crippen LogP contribution in [-0.4, -0.2) is 12.8 Å². The van der Waals surface area contributed by atoms with Crippen molar-refractivity contribution in [3.63, 3.8) is 0 Å². The van der Waals surface area contributed by atoms with E-state index in [4.69, 9.17) is 32.7 Å². The zero-order valence-electron chi connectivity index (χ0n) is 16.4. The number of benzene rings is 3. The molecule has 4 nitrogen and oxygen atoms in total. The fourth-order valence-electron chi connectivity index (χ4n) is 2.69. The summed E-state index contributed by atoms with van der Waals surface area (Å²) in [5.41, 5.74) is 5.96. The van der Waals surface area contributed by atoms with Gasteiger partial charge in [0.15, 0.2) is 11.5 Å². The molecule has 0 saturated heterocycles. The van der Waals surface area contributed by atoms with Gasteiger partial charge in [-0.1, -0.05) is 53.5 Å². The first-order valence-electron chi connectivity index (χ1n) is 9.39. The predicted molar refractivity (Wildman–Crippen MR) is 132 cm³/mol. The zero-order chi connectivity index (χ0) is 21.3. The van der Waals surface area contributed by atoms with Gasteiger partial charge in [0.05, 0.1) is 22.9 Å². The molecule has 0 atom stereocenters. The van der Waals surface area contributed by atoms with Crippen molar-refractivity contribution in [3.05, 3.63) is 91.0 Å². The van der Waals surface area contributed by atoms with E-state index in [0.717, 1.165) is 25.3 Å². The number of rotatable bonds is 9. The first-order chi connectivity index (χ1) is 14.6. The Hall–Kier alpha value is -1.96. The summed E-state index contributed by atoms with van der Waals surface area (Å²) in [7, 11) is 0. The first-order valence-corrected chi connectivity index (χ1v) is 11.2. The Morgan fingerprint density at radius 3 is 2.53 bits per heavy atom. The van der Waals surface area contributed by atoms with Crippen LogP contribution in [0.15, 0.2) is 65.8 Å². The topological polar surface area (TPSA) is 42.8 Å². The van der Waals surface area contributed by atoms with E-state index >= 15 is 0 Å². The third kappa shape index (κ3) is 6.52.